The van der Waals surface area contributed by atoms with Crippen LogP contribution in [0.25, 0.3) is 0 Å². The molecule has 0 aromatic heterocycles. The number of halogens is 1. The Morgan fingerprint density at radius 2 is 1.90 bits per heavy atom. The van der Waals surface area contributed by atoms with Gasteiger partial charge in [-0.25, -0.2) is 4.39 Å². The third-order valence-electron chi connectivity index (χ3n) is 4.22. The number of hydrogen-bond donors (Lipinski definition) is 1. The van der Waals surface area contributed by atoms with Crippen molar-refractivity contribution in [2.45, 2.75) is 57.5 Å². The molecular formula is C18H25FO. The van der Waals surface area contributed by atoms with Gasteiger partial charge in [0.15, 0.2) is 0 Å². The van der Waals surface area contributed by atoms with E-state index in [2.05, 4.69) is 0 Å². The van der Waals surface area contributed by atoms with Gasteiger partial charge in [0.2, 0.25) is 0 Å². The maximum absolute atomic E-state index is 12.7. The first kappa shape index (κ1) is 15.2. The van der Waals surface area contributed by atoms with Crippen molar-refractivity contribution < 1.29 is 9.50 Å². The van der Waals surface area contributed by atoms with Gasteiger partial charge in [-0.3, -0.25) is 0 Å². The van der Waals surface area contributed by atoms with E-state index in [9.17, 15) is 9.50 Å². The predicted molar refractivity (Wildman–Crippen MR) is 81.1 cm³/mol. The summed E-state index contributed by atoms with van der Waals surface area (Å²) in [6.45, 7) is 0. The summed E-state index contributed by atoms with van der Waals surface area (Å²) in [5, 5.41) is 9.91. The largest absolute Gasteiger partial charge is 0.389 e. The highest BCUT2D eigenvalue weighted by molar-refractivity contribution is 5.16. The van der Waals surface area contributed by atoms with Crippen molar-refractivity contribution in [3.63, 3.8) is 0 Å². The fraction of sp³-hybridized carbons (Fsp3) is 0.556. The van der Waals surface area contributed by atoms with Crippen LogP contribution in [-0.2, 0) is 6.42 Å². The first-order valence-corrected chi connectivity index (χ1v) is 7.83. The normalized spacial score (nSPS) is 17.9. The summed E-state index contributed by atoms with van der Waals surface area (Å²) < 4.78 is 12.7. The van der Waals surface area contributed by atoms with E-state index in [0.717, 1.165) is 37.2 Å². The zero-order valence-electron chi connectivity index (χ0n) is 12.1. The van der Waals surface area contributed by atoms with Gasteiger partial charge in [-0.1, -0.05) is 50.0 Å². The molecule has 1 aromatic carbocycles. The van der Waals surface area contributed by atoms with Crippen LogP contribution >= 0.6 is 0 Å². The molecule has 1 fully saturated rings. The van der Waals surface area contributed by atoms with E-state index >= 15 is 0 Å². The van der Waals surface area contributed by atoms with Gasteiger partial charge < -0.3 is 5.11 Å². The van der Waals surface area contributed by atoms with E-state index in [-0.39, 0.29) is 11.9 Å². The maximum Gasteiger partial charge on any atom is 0.123 e. The minimum Gasteiger partial charge on any atom is -0.389 e. The average Bonchev–Trinajstić information content (AvgIpc) is 2.96. The van der Waals surface area contributed by atoms with Gasteiger partial charge in [0.1, 0.15) is 5.82 Å². The molecule has 2 heteroatoms. The van der Waals surface area contributed by atoms with Crippen molar-refractivity contribution in [2.75, 3.05) is 0 Å². The molecule has 0 heterocycles. The van der Waals surface area contributed by atoms with E-state index < -0.39 is 0 Å². The highest BCUT2D eigenvalue weighted by atomic mass is 19.1. The fourth-order valence-electron chi connectivity index (χ4n) is 2.96. The SMILES string of the molecule is OC(/C=C/CCc1ccc(F)cc1)CCC1CCCC1. The van der Waals surface area contributed by atoms with Crippen molar-refractivity contribution in [1.82, 2.24) is 0 Å². The van der Waals surface area contributed by atoms with E-state index in [1.807, 2.05) is 24.3 Å². The molecule has 1 nitrogen and oxygen atoms in total. The molecule has 1 aliphatic carbocycles. The number of rotatable bonds is 7. The summed E-state index contributed by atoms with van der Waals surface area (Å²) in [6.07, 6.45) is 12.9. The van der Waals surface area contributed by atoms with E-state index in [0.29, 0.717) is 0 Å². The molecule has 0 saturated heterocycles. The molecule has 1 atom stereocenters. The lowest BCUT2D eigenvalue weighted by atomic mass is 9.99. The Balaban J connectivity index is 1.61. The highest BCUT2D eigenvalue weighted by Gasteiger charge is 2.15. The van der Waals surface area contributed by atoms with Crippen LogP contribution in [0.15, 0.2) is 36.4 Å². The topological polar surface area (TPSA) is 20.2 Å². The Bertz CT molecular complexity index is 404. The van der Waals surface area contributed by atoms with E-state index in [1.54, 1.807) is 0 Å². The standard InChI is InChI=1S/C18H25FO/c19-17-12-9-16(10-13-17)7-3-4-8-18(20)14-11-15-5-1-2-6-15/h4,8-10,12-13,15,18,20H,1-3,5-7,11,14H2/b8-4+. The van der Waals surface area contributed by atoms with Crippen LogP contribution in [-0.4, -0.2) is 11.2 Å². The molecule has 1 N–H and O–H groups in total. The van der Waals surface area contributed by atoms with Gasteiger partial charge in [-0.15, -0.1) is 0 Å². The van der Waals surface area contributed by atoms with Gasteiger partial charge in [0, 0.05) is 0 Å². The lowest BCUT2D eigenvalue weighted by Crippen LogP contribution is -2.05. The molecule has 0 amide bonds. The van der Waals surface area contributed by atoms with Crippen LogP contribution in [0.2, 0.25) is 0 Å². The second kappa shape index (κ2) is 8.21. The molecule has 0 aliphatic heterocycles. The number of allylic oxidation sites excluding steroid dienone is 1. The Kier molecular flexibility index (Phi) is 6.25. The third kappa shape index (κ3) is 5.46. The number of aryl methyl sites for hydroxylation is 1. The summed E-state index contributed by atoms with van der Waals surface area (Å²) in [4.78, 5) is 0. The Morgan fingerprint density at radius 3 is 2.60 bits per heavy atom. The summed E-state index contributed by atoms with van der Waals surface area (Å²) in [6, 6.07) is 6.63. The quantitative estimate of drug-likeness (QED) is 0.719. The van der Waals surface area contributed by atoms with Gasteiger partial charge in [0.05, 0.1) is 6.10 Å². The van der Waals surface area contributed by atoms with Crippen LogP contribution in [0.1, 0.15) is 50.5 Å². The van der Waals surface area contributed by atoms with Crippen LogP contribution < -0.4 is 0 Å². The summed E-state index contributed by atoms with van der Waals surface area (Å²) in [5.74, 6) is 0.656. The monoisotopic (exact) mass is 276 g/mol. The molecule has 20 heavy (non-hydrogen) atoms. The molecule has 2 rings (SSSR count). The average molecular weight is 276 g/mol. The summed E-state index contributed by atoms with van der Waals surface area (Å²) in [5.41, 5.74) is 1.14. The van der Waals surface area contributed by atoms with Crippen molar-refractivity contribution in [2.24, 2.45) is 5.92 Å². The first-order valence-electron chi connectivity index (χ1n) is 7.83. The fourth-order valence-corrected chi connectivity index (χ4v) is 2.96. The van der Waals surface area contributed by atoms with E-state index in [1.165, 1.54) is 37.8 Å². The second-order valence-electron chi connectivity index (χ2n) is 5.89. The Morgan fingerprint density at radius 1 is 1.20 bits per heavy atom. The smallest absolute Gasteiger partial charge is 0.123 e. The first-order chi connectivity index (χ1) is 9.74. The Hall–Kier alpha value is -1.15. The van der Waals surface area contributed by atoms with Crippen molar-refractivity contribution in [3.05, 3.63) is 47.8 Å². The number of hydrogen-bond acceptors (Lipinski definition) is 1. The minimum absolute atomic E-state index is 0.188. The van der Waals surface area contributed by atoms with Gasteiger partial charge in [-0.05, 0) is 49.3 Å². The lowest BCUT2D eigenvalue weighted by Gasteiger charge is -2.10. The van der Waals surface area contributed by atoms with Gasteiger partial charge >= 0.3 is 0 Å². The van der Waals surface area contributed by atoms with Gasteiger partial charge in [0.25, 0.3) is 0 Å². The number of aliphatic hydroxyl groups is 1. The number of aliphatic hydroxyl groups excluding tert-OH is 1. The summed E-state index contributed by atoms with van der Waals surface area (Å²) >= 11 is 0. The molecule has 110 valence electrons. The second-order valence-corrected chi connectivity index (χ2v) is 5.89. The molecule has 1 aromatic rings. The maximum atomic E-state index is 12.7. The zero-order chi connectivity index (χ0) is 14.2. The highest BCUT2D eigenvalue weighted by Crippen LogP contribution is 2.29. The summed E-state index contributed by atoms with van der Waals surface area (Å²) in [7, 11) is 0. The van der Waals surface area contributed by atoms with Gasteiger partial charge in [-0.2, -0.15) is 0 Å². The van der Waals surface area contributed by atoms with Crippen molar-refractivity contribution >= 4 is 0 Å². The lowest BCUT2D eigenvalue weighted by molar-refractivity contribution is 0.200. The molecular weight excluding hydrogens is 251 g/mol. The molecule has 0 bridgehead atoms. The van der Waals surface area contributed by atoms with Crippen LogP contribution in [0.4, 0.5) is 4.39 Å². The molecule has 0 spiro atoms. The van der Waals surface area contributed by atoms with Crippen molar-refractivity contribution in [1.29, 1.82) is 0 Å². The van der Waals surface area contributed by atoms with Crippen molar-refractivity contribution in [3.8, 4) is 0 Å². The van der Waals surface area contributed by atoms with E-state index in [4.69, 9.17) is 0 Å². The van der Waals surface area contributed by atoms with Crippen LogP contribution in [0, 0.1) is 11.7 Å². The molecule has 1 unspecified atom stereocenters. The number of benzene rings is 1. The minimum atomic E-state index is -0.302. The van der Waals surface area contributed by atoms with Crippen LogP contribution in [0.5, 0.6) is 0 Å². The Labute approximate surface area is 121 Å². The zero-order valence-corrected chi connectivity index (χ0v) is 12.1. The molecule has 1 aliphatic rings. The molecule has 0 radical (unpaired) electrons. The predicted octanol–water partition coefficient (Wildman–Crippen LogP) is 4.65. The molecule has 1 saturated carbocycles. The third-order valence-corrected chi connectivity index (χ3v) is 4.22. The van der Waals surface area contributed by atoms with Crippen LogP contribution in [0.3, 0.4) is 0 Å².